The summed E-state index contributed by atoms with van der Waals surface area (Å²) in [5.74, 6) is -2.23. The number of carbonyl (C=O) groups is 1. The van der Waals surface area contributed by atoms with Gasteiger partial charge in [0, 0.05) is 31.2 Å². The number of hydrogen-bond donors (Lipinski definition) is 0. The fraction of sp³-hybridized carbons (Fsp3) is 0.333. The first-order chi connectivity index (χ1) is 12.0. The Balaban J connectivity index is 1.66. The number of rotatable bonds is 3. The quantitative estimate of drug-likeness (QED) is 0.800. The summed E-state index contributed by atoms with van der Waals surface area (Å²) in [5.41, 5.74) is 0.0480. The molecule has 1 aliphatic heterocycles. The van der Waals surface area contributed by atoms with E-state index in [1.165, 1.54) is 18.2 Å². The van der Waals surface area contributed by atoms with Crippen molar-refractivity contribution >= 4 is 11.7 Å². The van der Waals surface area contributed by atoms with Crippen molar-refractivity contribution in [3.8, 4) is 0 Å². The van der Waals surface area contributed by atoms with Gasteiger partial charge in [0.15, 0.2) is 11.6 Å². The van der Waals surface area contributed by atoms with Gasteiger partial charge in [0.05, 0.1) is 6.42 Å². The van der Waals surface area contributed by atoms with Gasteiger partial charge in [-0.1, -0.05) is 18.2 Å². The average molecular weight is 349 g/mol. The average Bonchev–Trinajstić information content (AvgIpc) is 2.58. The van der Waals surface area contributed by atoms with Gasteiger partial charge in [0.25, 0.3) is 0 Å². The first-order valence-corrected chi connectivity index (χ1v) is 8.05. The Labute approximate surface area is 143 Å². The Kier molecular flexibility index (Phi) is 4.92. The lowest BCUT2D eigenvalue weighted by Crippen LogP contribution is -2.54. The van der Waals surface area contributed by atoms with Gasteiger partial charge in [-0.15, -0.1) is 0 Å². The lowest BCUT2D eigenvalue weighted by atomic mass is 10.1. The minimum absolute atomic E-state index is 0.0480. The lowest BCUT2D eigenvalue weighted by molar-refractivity contribution is -0.131. The smallest absolute Gasteiger partial charge is 0.227 e. The van der Waals surface area contributed by atoms with Crippen molar-refractivity contribution in [1.29, 1.82) is 0 Å². The van der Waals surface area contributed by atoms with Crippen LogP contribution in [0.4, 0.5) is 19.0 Å². The van der Waals surface area contributed by atoms with Crippen LogP contribution in [0.1, 0.15) is 12.5 Å². The van der Waals surface area contributed by atoms with E-state index in [4.69, 9.17) is 0 Å². The van der Waals surface area contributed by atoms with Gasteiger partial charge in [0.1, 0.15) is 5.82 Å². The number of nitrogens with zero attached hydrogens (tertiary/aromatic N) is 3. The summed E-state index contributed by atoms with van der Waals surface area (Å²) in [6, 6.07) is 8.35. The molecule has 4 nitrogen and oxygen atoms in total. The molecular weight excluding hydrogens is 331 g/mol. The number of aromatic nitrogens is 1. The van der Waals surface area contributed by atoms with E-state index in [-0.39, 0.29) is 23.9 Å². The van der Waals surface area contributed by atoms with E-state index >= 15 is 0 Å². The summed E-state index contributed by atoms with van der Waals surface area (Å²) in [6.07, 6.45) is -0.186. The molecule has 0 saturated carbocycles. The largest absolute Gasteiger partial charge is 0.350 e. The Hall–Kier alpha value is -2.57. The van der Waals surface area contributed by atoms with E-state index in [1.807, 2.05) is 11.8 Å². The van der Waals surface area contributed by atoms with Crippen LogP contribution in [-0.2, 0) is 11.2 Å². The highest BCUT2D eigenvalue weighted by molar-refractivity contribution is 5.79. The molecule has 0 N–H and O–H groups in total. The van der Waals surface area contributed by atoms with E-state index < -0.39 is 17.6 Å². The van der Waals surface area contributed by atoms with E-state index in [9.17, 15) is 18.0 Å². The molecule has 0 aliphatic carbocycles. The van der Waals surface area contributed by atoms with Crippen molar-refractivity contribution in [1.82, 2.24) is 9.88 Å². The second kappa shape index (κ2) is 7.13. The van der Waals surface area contributed by atoms with Gasteiger partial charge in [-0.05, 0) is 25.1 Å². The molecule has 1 fully saturated rings. The normalized spacial score (nSPS) is 17.7. The molecule has 1 aliphatic rings. The first-order valence-electron chi connectivity index (χ1n) is 8.05. The molecule has 1 aromatic carbocycles. The van der Waals surface area contributed by atoms with Gasteiger partial charge in [-0.25, -0.2) is 13.8 Å². The Morgan fingerprint density at radius 3 is 2.64 bits per heavy atom. The second-order valence-corrected chi connectivity index (χ2v) is 6.09. The van der Waals surface area contributed by atoms with Crippen LogP contribution in [-0.4, -0.2) is 41.5 Å². The zero-order chi connectivity index (χ0) is 18.0. The Bertz CT molecular complexity index is 784. The summed E-state index contributed by atoms with van der Waals surface area (Å²) < 4.78 is 40.3. The Morgan fingerprint density at radius 2 is 1.92 bits per heavy atom. The number of hydrogen-bond acceptors (Lipinski definition) is 3. The maximum Gasteiger partial charge on any atom is 0.227 e. The van der Waals surface area contributed by atoms with Gasteiger partial charge in [-0.3, -0.25) is 4.79 Å². The number of halogens is 3. The van der Waals surface area contributed by atoms with Crippen molar-refractivity contribution in [3.05, 3.63) is 59.5 Å². The predicted octanol–water partition coefficient (Wildman–Crippen LogP) is 2.78. The fourth-order valence-electron chi connectivity index (χ4n) is 3.04. The number of pyridine rings is 1. The SMILES string of the molecule is CC1CN(C(=O)Cc2cccc(F)c2F)CCN1c1cccc(F)n1. The van der Waals surface area contributed by atoms with Crippen LogP contribution in [0.15, 0.2) is 36.4 Å². The van der Waals surface area contributed by atoms with Crippen molar-refractivity contribution in [3.63, 3.8) is 0 Å². The fourth-order valence-corrected chi connectivity index (χ4v) is 3.04. The standard InChI is InChI=1S/C18H18F3N3O/c1-12-11-23(8-9-24(12)16-7-3-6-15(20)22-16)17(25)10-13-4-2-5-14(19)18(13)21/h2-7,12H,8-11H2,1H3. The zero-order valence-corrected chi connectivity index (χ0v) is 13.8. The third-order valence-corrected chi connectivity index (χ3v) is 4.35. The van der Waals surface area contributed by atoms with Crippen molar-refractivity contribution in [2.75, 3.05) is 24.5 Å². The molecule has 3 rings (SSSR count). The molecule has 1 amide bonds. The molecule has 1 aromatic heterocycles. The summed E-state index contributed by atoms with van der Waals surface area (Å²) in [5, 5.41) is 0. The van der Waals surface area contributed by atoms with Gasteiger partial charge in [-0.2, -0.15) is 4.39 Å². The topological polar surface area (TPSA) is 36.4 Å². The summed E-state index contributed by atoms with van der Waals surface area (Å²) >= 11 is 0. The molecule has 0 spiro atoms. The number of carbonyl (C=O) groups excluding carboxylic acids is 1. The lowest BCUT2D eigenvalue weighted by Gasteiger charge is -2.40. The molecule has 2 heterocycles. The third-order valence-electron chi connectivity index (χ3n) is 4.35. The minimum atomic E-state index is -0.980. The first kappa shape index (κ1) is 17.3. The van der Waals surface area contributed by atoms with Crippen LogP contribution < -0.4 is 4.90 Å². The summed E-state index contributed by atoms with van der Waals surface area (Å²) in [6.45, 7) is 3.23. The molecule has 132 valence electrons. The molecule has 7 heteroatoms. The van der Waals surface area contributed by atoms with Crippen molar-refractivity contribution < 1.29 is 18.0 Å². The Morgan fingerprint density at radius 1 is 1.16 bits per heavy atom. The van der Waals surface area contributed by atoms with E-state index in [0.29, 0.717) is 25.5 Å². The molecule has 1 saturated heterocycles. The third kappa shape index (κ3) is 3.75. The molecule has 0 bridgehead atoms. The molecule has 0 radical (unpaired) electrons. The molecule has 1 unspecified atom stereocenters. The highest BCUT2D eigenvalue weighted by Gasteiger charge is 2.28. The second-order valence-electron chi connectivity index (χ2n) is 6.09. The van der Waals surface area contributed by atoms with E-state index in [0.717, 1.165) is 6.07 Å². The van der Waals surface area contributed by atoms with Crippen LogP contribution in [0.5, 0.6) is 0 Å². The minimum Gasteiger partial charge on any atom is -0.350 e. The molecule has 1 atom stereocenters. The maximum atomic E-state index is 13.7. The van der Waals surface area contributed by atoms with Crippen LogP contribution in [0.3, 0.4) is 0 Å². The molecule has 2 aromatic rings. The van der Waals surface area contributed by atoms with Crippen molar-refractivity contribution in [2.24, 2.45) is 0 Å². The maximum absolute atomic E-state index is 13.7. The van der Waals surface area contributed by atoms with E-state index in [2.05, 4.69) is 4.98 Å². The predicted molar refractivity (Wildman–Crippen MR) is 87.6 cm³/mol. The van der Waals surface area contributed by atoms with E-state index in [1.54, 1.807) is 17.0 Å². The van der Waals surface area contributed by atoms with Crippen LogP contribution in [0.25, 0.3) is 0 Å². The van der Waals surface area contributed by atoms with Crippen LogP contribution >= 0.6 is 0 Å². The summed E-state index contributed by atoms with van der Waals surface area (Å²) in [4.78, 5) is 19.8. The number of piperazine rings is 1. The molecule has 25 heavy (non-hydrogen) atoms. The van der Waals surface area contributed by atoms with Gasteiger partial charge < -0.3 is 9.80 Å². The summed E-state index contributed by atoms with van der Waals surface area (Å²) in [7, 11) is 0. The number of anilines is 1. The van der Waals surface area contributed by atoms with Crippen molar-refractivity contribution in [2.45, 2.75) is 19.4 Å². The zero-order valence-electron chi connectivity index (χ0n) is 13.8. The van der Waals surface area contributed by atoms with Gasteiger partial charge in [0.2, 0.25) is 11.9 Å². The number of amides is 1. The monoisotopic (exact) mass is 349 g/mol. The molecular formula is C18H18F3N3O. The number of benzene rings is 1. The van der Waals surface area contributed by atoms with Crippen LogP contribution in [0, 0.1) is 17.6 Å². The van der Waals surface area contributed by atoms with Gasteiger partial charge >= 0.3 is 0 Å². The highest BCUT2D eigenvalue weighted by atomic mass is 19.2. The highest BCUT2D eigenvalue weighted by Crippen LogP contribution is 2.20. The van der Waals surface area contributed by atoms with Crippen LogP contribution in [0.2, 0.25) is 0 Å².